The van der Waals surface area contributed by atoms with Gasteiger partial charge in [0.15, 0.2) is 0 Å². The molecule has 0 aromatic carbocycles. The van der Waals surface area contributed by atoms with Crippen LogP contribution in [0.4, 0.5) is 0 Å². The fourth-order valence-corrected chi connectivity index (χ4v) is 1.65. The summed E-state index contributed by atoms with van der Waals surface area (Å²) in [6.45, 7) is 2.56. The summed E-state index contributed by atoms with van der Waals surface area (Å²) >= 11 is 0. The third-order valence-corrected chi connectivity index (χ3v) is 2.59. The Morgan fingerprint density at radius 2 is 1.36 bits per heavy atom. The second kappa shape index (κ2) is 11.0. The van der Waals surface area contributed by atoms with Crippen LogP contribution in [0.25, 0.3) is 0 Å². The van der Waals surface area contributed by atoms with E-state index in [2.05, 4.69) is 11.1 Å². The number of rotatable bonds is 10. The summed E-state index contributed by atoms with van der Waals surface area (Å²) in [5.41, 5.74) is 0. The molecule has 0 aliphatic rings. The van der Waals surface area contributed by atoms with Gasteiger partial charge in [0.05, 0.1) is 6.61 Å². The van der Waals surface area contributed by atoms with E-state index in [4.69, 9.17) is 0 Å². The molecule has 0 saturated heterocycles. The normalized spacial score (nSPS) is 11.0. The van der Waals surface area contributed by atoms with Crippen LogP contribution < -0.4 is 0 Å². The van der Waals surface area contributed by atoms with Gasteiger partial charge >= 0.3 is 0 Å². The molecule has 0 aromatic heterocycles. The van der Waals surface area contributed by atoms with Crippen LogP contribution in [-0.2, 0) is 15.2 Å². The predicted octanol–water partition coefficient (Wildman–Crippen LogP) is 2.67. The van der Waals surface area contributed by atoms with Gasteiger partial charge in [-0.3, -0.25) is 4.18 Å². The zero-order valence-corrected chi connectivity index (χ0v) is 9.93. The van der Waals surface area contributed by atoms with Crippen molar-refractivity contribution in [3.63, 3.8) is 0 Å². The zero-order valence-electron chi connectivity index (χ0n) is 9.04. The van der Waals surface area contributed by atoms with Gasteiger partial charge < -0.3 is 0 Å². The number of thiol groups is 1. The molecule has 0 amide bonds. The van der Waals surface area contributed by atoms with E-state index < -0.39 is 11.0 Å². The molecule has 0 atom stereocenters. The molecular formula is C10H22O3S. The van der Waals surface area contributed by atoms with Gasteiger partial charge in [-0.25, -0.2) is 8.42 Å². The smallest absolute Gasteiger partial charge is 0.257 e. The first-order valence-electron chi connectivity index (χ1n) is 5.54. The summed E-state index contributed by atoms with van der Waals surface area (Å²) in [4.78, 5) is 0. The molecule has 0 bridgehead atoms. The lowest BCUT2D eigenvalue weighted by molar-refractivity contribution is 0.319. The summed E-state index contributed by atoms with van der Waals surface area (Å²) in [7, 11) is -2.63. The molecular weight excluding hydrogens is 200 g/mol. The van der Waals surface area contributed by atoms with Crippen LogP contribution in [0.3, 0.4) is 0 Å². The molecule has 86 valence electrons. The van der Waals surface area contributed by atoms with Crippen LogP contribution in [-0.4, -0.2) is 15.0 Å². The highest BCUT2D eigenvalue weighted by atomic mass is 32.2. The molecule has 3 nitrogen and oxygen atoms in total. The molecule has 0 rings (SSSR count). The molecule has 0 saturated carbocycles. The predicted molar refractivity (Wildman–Crippen MR) is 58.9 cm³/mol. The maximum Gasteiger partial charge on any atom is 0.257 e. The standard InChI is InChI=1S/C10H22O3S/c1-2-3-4-5-6-7-8-9-10-13-14(11)12/h14H,2-10H2,1H3. The fourth-order valence-electron chi connectivity index (χ4n) is 1.38. The van der Waals surface area contributed by atoms with Crippen LogP contribution in [0.5, 0.6) is 0 Å². The van der Waals surface area contributed by atoms with E-state index in [1.165, 1.54) is 38.5 Å². The van der Waals surface area contributed by atoms with Gasteiger partial charge in [-0.1, -0.05) is 51.9 Å². The van der Waals surface area contributed by atoms with Gasteiger partial charge in [-0.05, 0) is 6.42 Å². The van der Waals surface area contributed by atoms with Gasteiger partial charge in [0, 0.05) is 0 Å². The second-order valence-electron chi connectivity index (χ2n) is 3.53. The fraction of sp³-hybridized carbons (Fsp3) is 1.00. The van der Waals surface area contributed by atoms with Crippen LogP contribution in [0, 0.1) is 0 Å². The van der Waals surface area contributed by atoms with Crippen LogP contribution >= 0.6 is 0 Å². The quantitative estimate of drug-likeness (QED) is 0.456. The average molecular weight is 222 g/mol. The second-order valence-corrected chi connectivity index (χ2v) is 4.24. The first-order chi connectivity index (χ1) is 6.77. The third-order valence-electron chi connectivity index (χ3n) is 2.19. The van der Waals surface area contributed by atoms with Gasteiger partial charge in [0.25, 0.3) is 11.0 Å². The van der Waals surface area contributed by atoms with E-state index in [1.807, 2.05) is 0 Å². The van der Waals surface area contributed by atoms with E-state index in [1.54, 1.807) is 0 Å². The lowest BCUT2D eigenvalue weighted by Gasteiger charge is -2.00. The number of hydrogen-bond acceptors (Lipinski definition) is 3. The minimum atomic E-state index is -2.63. The van der Waals surface area contributed by atoms with E-state index in [0.29, 0.717) is 6.61 Å². The Morgan fingerprint density at radius 1 is 0.857 bits per heavy atom. The van der Waals surface area contributed by atoms with Crippen molar-refractivity contribution < 1.29 is 12.6 Å². The van der Waals surface area contributed by atoms with E-state index in [0.717, 1.165) is 12.8 Å². The Hall–Kier alpha value is -0.0900. The highest BCUT2D eigenvalue weighted by molar-refractivity contribution is 7.67. The SMILES string of the molecule is CCCCCCCCCCO[SH](=O)=O. The molecule has 0 heterocycles. The van der Waals surface area contributed by atoms with Crippen LogP contribution in [0.2, 0.25) is 0 Å². The van der Waals surface area contributed by atoms with E-state index >= 15 is 0 Å². The van der Waals surface area contributed by atoms with Gasteiger partial charge in [0.1, 0.15) is 0 Å². The van der Waals surface area contributed by atoms with Crippen molar-refractivity contribution in [1.29, 1.82) is 0 Å². The Labute approximate surface area is 89.0 Å². The maximum absolute atomic E-state index is 10.0. The molecule has 0 aliphatic heterocycles. The number of unbranched alkanes of at least 4 members (excludes halogenated alkanes) is 7. The van der Waals surface area contributed by atoms with Crippen molar-refractivity contribution >= 4 is 11.0 Å². The first-order valence-corrected chi connectivity index (χ1v) is 6.64. The molecule has 0 radical (unpaired) electrons. The average Bonchev–Trinajstić information content (AvgIpc) is 2.15. The van der Waals surface area contributed by atoms with E-state index in [-0.39, 0.29) is 0 Å². The van der Waals surface area contributed by atoms with Crippen LogP contribution in [0.1, 0.15) is 58.3 Å². The topological polar surface area (TPSA) is 43.4 Å². The van der Waals surface area contributed by atoms with Crippen molar-refractivity contribution in [2.45, 2.75) is 58.3 Å². The van der Waals surface area contributed by atoms with E-state index in [9.17, 15) is 8.42 Å². The van der Waals surface area contributed by atoms with Crippen molar-refractivity contribution in [1.82, 2.24) is 0 Å². The largest absolute Gasteiger partial charge is 0.272 e. The maximum atomic E-state index is 10.0. The highest BCUT2D eigenvalue weighted by Gasteiger charge is 1.92. The lowest BCUT2D eigenvalue weighted by atomic mass is 10.1. The number of hydrogen-bond donors (Lipinski definition) is 1. The minimum Gasteiger partial charge on any atom is -0.272 e. The summed E-state index contributed by atoms with van der Waals surface area (Å²) in [6, 6.07) is 0. The molecule has 0 fully saturated rings. The summed E-state index contributed by atoms with van der Waals surface area (Å²) < 4.78 is 24.5. The summed E-state index contributed by atoms with van der Waals surface area (Å²) in [6.07, 6.45) is 9.66. The third kappa shape index (κ3) is 11.9. The van der Waals surface area contributed by atoms with Crippen LogP contribution in [0.15, 0.2) is 0 Å². The Kier molecular flexibility index (Phi) is 10.9. The lowest BCUT2D eigenvalue weighted by Crippen LogP contribution is -1.92. The van der Waals surface area contributed by atoms with Crippen molar-refractivity contribution in [2.75, 3.05) is 6.61 Å². The molecule has 0 N–H and O–H groups in total. The van der Waals surface area contributed by atoms with Gasteiger partial charge in [-0.15, -0.1) is 0 Å². The zero-order chi connectivity index (χ0) is 10.6. The summed E-state index contributed by atoms with van der Waals surface area (Å²) in [5.74, 6) is 0. The van der Waals surface area contributed by atoms with Gasteiger partial charge in [-0.2, -0.15) is 0 Å². The highest BCUT2D eigenvalue weighted by Crippen LogP contribution is 2.08. The van der Waals surface area contributed by atoms with Crippen molar-refractivity contribution in [3.8, 4) is 0 Å². The molecule has 14 heavy (non-hydrogen) atoms. The van der Waals surface area contributed by atoms with Crippen molar-refractivity contribution in [2.24, 2.45) is 0 Å². The molecule has 4 heteroatoms. The molecule has 0 unspecified atom stereocenters. The Balaban J connectivity index is 2.92. The first kappa shape index (κ1) is 13.9. The monoisotopic (exact) mass is 222 g/mol. The molecule has 0 spiro atoms. The Bertz CT molecular complexity index is 170. The molecule has 0 aliphatic carbocycles. The summed E-state index contributed by atoms with van der Waals surface area (Å²) in [5, 5.41) is 0. The minimum absolute atomic E-state index is 0.355. The Morgan fingerprint density at radius 3 is 1.86 bits per heavy atom. The van der Waals surface area contributed by atoms with Crippen molar-refractivity contribution in [3.05, 3.63) is 0 Å². The van der Waals surface area contributed by atoms with Gasteiger partial charge in [0.2, 0.25) is 0 Å². The molecule has 0 aromatic rings.